The summed E-state index contributed by atoms with van der Waals surface area (Å²) in [6.07, 6.45) is 2.43. The zero-order chi connectivity index (χ0) is 15.2. The second-order valence-corrected chi connectivity index (χ2v) is 5.66. The van der Waals surface area contributed by atoms with E-state index in [1.54, 1.807) is 18.2 Å². The highest BCUT2D eigenvalue weighted by molar-refractivity contribution is 6.34. The van der Waals surface area contributed by atoms with Gasteiger partial charge >= 0.3 is 0 Å². The molecule has 21 heavy (non-hydrogen) atoms. The van der Waals surface area contributed by atoms with Crippen molar-refractivity contribution >= 4 is 28.9 Å². The molecule has 1 atom stereocenters. The van der Waals surface area contributed by atoms with E-state index in [4.69, 9.17) is 22.1 Å². The first-order chi connectivity index (χ1) is 10.1. The molecule has 1 aromatic carbocycles. The van der Waals surface area contributed by atoms with Crippen LogP contribution < -0.4 is 11.1 Å². The third-order valence-corrected chi connectivity index (χ3v) is 3.88. The van der Waals surface area contributed by atoms with Crippen LogP contribution in [0.4, 0.5) is 11.4 Å². The van der Waals surface area contributed by atoms with Crippen molar-refractivity contribution in [2.75, 3.05) is 37.3 Å². The van der Waals surface area contributed by atoms with E-state index in [0.29, 0.717) is 22.9 Å². The van der Waals surface area contributed by atoms with E-state index in [0.717, 1.165) is 32.5 Å². The fourth-order valence-electron chi connectivity index (χ4n) is 2.41. The van der Waals surface area contributed by atoms with Crippen molar-refractivity contribution in [3.63, 3.8) is 0 Å². The lowest BCUT2D eigenvalue weighted by Gasteiger charge is -2.23. The second-order valence-electron chi connectivity index (χ2n) is 5.25. The van der Waals surface area contributed by atoms with Crippen molar-refractivity contribution in [1.82, 2.24) is 4.90 Å². The maximum atomic E-state index is 12.1. The molecule has 0 radical (unpaired) electrons. The molecule has 1 saturated heterocycles. The summed E-state index contributed by atoms with van der Waals surface area (Å²) in [7, 11) is 0. The number of carbonyl (C=O) groups is 1. The molecular weight excluding hydrogens is 290 g/mol. The quantitative estimate of drug-likeness (QED) is 0.791. The number of carbonyl (C=O) groups excluding carboxylic acids is 1. The SMILES string of the molecule is CCN(CC(=O)Nc1ccc(N)cc1Cl)CC1CCCO1. The van der Waals surface area contributed by atoms with E-state index in [-0.39, 0.29) is 12.0 Å². The highest BCUT2D eigenvalue weighted by atomic mass is 35.5. The van der Waals surface area contributed by atoms with Gasteiger partial charge in [-0.3, -0.25) is 9.69 Å². The number of rotatable bonds is 6. The molecule has 0 spiro atoms. The Kier molecular flexibility index (Phi) is 5.85. The summed E-state index contributed by atoms with van der Waals surface area (Å²) < 4.78 is 5.61. The van der Waals surface area contributed by atoms with Gasteiger partial charge in [0.15, 0.2) is 0 Å². The number of hydrogen-bond acceptors (Lipinski definition) is 4. The maximum absolute atomic E-state index is 12.1. The van der Waals surface area contributed by atoms with Crippen LogP contribution in [0.25, 0.3) is 0 Å². The van der Waals surface area contributed by atoms with Crippen LogP contribution in [0.5, 0.6) is 0 Å². The Hall–Kier alpha value is -1.30. The molecule has 0 aliphatic carbocycles. The molecule has 1 aromatic rings. The minimum Gasteiger partial charge on any atom is -0.399 e. The highest BCUT2D eigenvalue weighted by Crippen LogP contribution is 2.24. The lowest BCUT2D eigenvalue weighted by atomic mass is 10.2. The fraction of sp³-hybridized carbons (Fsp3) is 0.533. The predicted octanol–water partition coefficient (Wildman–Crippen LogP) is 2.36. The lowest BCUT2D eigenvalue weighted by Crippen LogP contribution is -2.38. The summed E-state index contributed by atoms with van der Waals surface area (Å²) in [6.45, 7) is 4.80. The first kappa shape index (κ1) is 16.1. The minimum absolute atomic E-state index is 0.0819. The fourth-order valence-corrected chi connectivity index (χ4v) is 2.64. The predicted molar refractivity (Wildman–Crippen MR) is 85.6 cm³/mol. The van der Waals surface area contributed by atoms with Crippen molar-refractivity contribution in [3.8, 4) is 0 Å². The summed E-state index contributed by atoms with van der Waals surface area (Å²) in [5.74, 6) is -0.0819. The average Bonchev–Trinajstić information content (AvgIpc) is 2.94. The van der Waals surface area contributed by atoms with Gasteiger partial charge in [0, 0.05) is 18.8 Å². The molecule has 1 fully saturated rings. The Bertz CT molecular complexity index is 490. The number of anilines is 2. The number of likely N-dealkylation sites (N-methyl/N-ethyl adjacent to an activating group) is 1. The van der Waals surface area contributed by atoms with Gasteiger partial charge in [-0.2, -0.15) is 0 Å². The first-order valence-corrected chi connectivity index (χ1v) is 7.65. The first-order valence-electron chi connectivity index (χ1n) is 7.27. The molecule has 1 unspecified atom stereocenters. The van der Waals surface area contributed by atoms with Crippen LogP contribution in [-0.4, -0.2) is 43.2 Å². The Balaban J connectivity index is 1.86. The van der Waals surface area contributed by atoms with Crippen molar-refractivity contribution in [2.45, 2.75) is 25.9 Å². The molecule has 5 nitrogen and oxygen atoms in total. The second kappa shape index (κ2) is 7.64. The largest absolute Gasteiger partial charge is 0.399 e. The summed E-state index contributed by atoms with van der Waals surface area (Å²) in [5, 5.41) is 3.27. The topological polar surface area (TPSA) is 67.6 Å². The van der Waals surface area contributed by atoms with Crippen molar-refractivity contribution < 1.29 is 9.53 Å². The average molecular weight is 312 g/mol. The molecule has 0 bridgehead atoms. The van der Waals surface area contributed by atoms with E-state index >= 15 is 0 Å². The summed E-state index contributed by atoms with van der Waals surface area (Å²) in [5.41, 5.74) is 6.80. The Morgan fingerprint density at radius 3 is 3.00 bits per heavy atom. The number of nitrogens with two attached hydrogens (primary N) is 1. The van der Waals surface area contributed by atoms with E-state index < -0.39 is 0 Å². The third kappa shape index (κ3) is 4.88. The third-order valence-electron chi connectivity index (χ3n) is 3.57. The smallest absolute Gasteiger partial charge is 0.238 e. The molecule has 6 heteroatoms. The van der Waals surface area contributed by atoms with Crippen LogP contribution in [0.2, 0.25) is 5.02 Å². The Morgan fingerprint density at radius 2 is 2.38 bits per heavy atom. The Morgan fingerprint density at radius 1 is 1.57 bits per heavy atom. The van der Waals surface area contributed by atoms with Gasteiger partial charge in [-0.25, -0.2) is 0 Å². The molecule has 116 valence electrons. The monoisotopic (exact) mass is 311 g/mol. The van der Waals surface area contributed by atoms with Crippen molar-refractivity contribution in [1.29, 1.82) is 0 Å². The van der Waals surface area contributed by atoms with Crippen LogP contribution in [0.1, 0.15) is 19.8 Å². The van der Waals surface area contributed by atoms with Gasteiger partial charge in [0.25, 0.3) is 0 Å². The van der Waals surface area contributed by atoms with Gasteiger partial charge in [0.2, 0.25) is 5.91 Å². The highest BCUT2D eigenvalue weighted by Gasteiger charge is 2.20. The van der Waals surface area contributed by atoms with Crippen LogP contribution in [-0.2, 0) is 9.53 Å². The standard InChI is InChI=1S/C15H22ClN3O2/c1-2-19(9-12-4-3-7-21-12)10-15(20)18-14-6-5-11(17)8-13(14)16/h5-6,8,12H,2-4,7,9-10,17H2,1H3,(H,18,20). The number of nitrogen functional groups attached to an aromatic ring is 1. The van der Waals surface area contributed by atoms with Gasteiger partial charge in [-0.1, -0.05) is 18.5 Å². The number of nitrogens with one attached hydrogen (secondary N) is 1. The van der Waals surface area contributed by atoms with Crippen molar-refractivity contribution in [3.05, 3.63) is 23.2 Å². The van der Waals surface area contributed by atoms with Gasteiger partial charge in [0.1, 0.15) is 0 Å². The van der Waals surface area contributed by atoms with Crippen molar-refractivity contribution in [2.24, 2.45) is 0 Å². The number of hydrogen-bond donors (Lipinski definition) is 2. The number of halogens is 1. The number of ether oxygens (including phenoxy) is 1. The van der Waals surface area contributed by atoms with Crippen LogP contribution >= 0.6 is 11.6 Å². The summed E-state index contributed by atoms with van der Waals surface area (Å²) >= 11 is 6.05. The number of amides is 1. The van der Waals surface area contributed by atoms with Crippen LogP contribution in [0.15, 0.2) is 18.2 Å². The van der Waals surface area contributed by atoms with E-state index in [2.05, 4.69) is 10.2 Å². The molecular formula is C15H22ClN3O2. The zero-order valence-electron chi connectivity index (χ0n) is 12.3. The van der Waals surface area contributed by atoms with E-state index in [1.807, 2.05) is 6.92 Å². The zero-order valence-corrected chi connectivity index (χ0v) is 13.0. The molecule has 1 aliphatic heterocycles. The van der Waals surface area contributed by atoms with Gasteiger partial charge in [-0.15, -0.1) is 0 Å². The normalized spacial score (nSPS) is 18.1. The van der Waals surface area contributed by atoms with Crippen LogP contribution in [0.3, 0.4) is 0 Å². The Labute approximate surface area is 130 Å². The van der Waals surface area contributed by atoms with E-state index in [1.165, 1.54) is 0 Å². The van der Waals surface area contributed by atoms with E-state index in [9.17, 15) is 4.79 Å². The van der Waals surface area contributed by atoms with Crippen LogP contribution in [0, 0.1) is 0 Å². The molecule has 3 N–H and O–H groups in total. The molecule has 0 aromatic heterocycles. The number of nitrogens with zero attached hydrogens (tertiary/aromatic N) is 1. The molecule has 1 aliphatic rings. The summed E-state index contributed by atoms with van der Waals surface area (Å²) in [4.78, 5) is 14.2. The number of benzene rings is 1. The van der Waals surface area contributed by atoms with Gasteiger partial charge in [0.05, 0.1) is 23.4 Å². The minimum atomic E-state index is -0.0819. The molecule has 2 rings (SSSR count). The molecule has 0 saturated carbocycles. The molecule has 1 heterocycles. The van der Waals surface area contributed by atoms with Gasteiger partial charge in [-0.05, 0) is 37.6 Å². The summed E-state index contributed by atoms with van der Waals surface area (Å²) in [6, 6.07) is 5.05. The maximum Gasteiger partial charge on any atom is 0.238 e. The lowest BCUT2D eigenvalue weighted by molar-refractivity contribution is -0.117. The molecule has 1 amide bonds. The van der Waals surface area contributed by atoms with Gasteiger partial charge < -0.3 is 15.8 Å².